The van der Waals surface area contributed by atoms with Crippen molar-refractivity contribution in [2.24, 2.45) is 0 Å². The first-order chi connectivity index (χ1) is 11.6. The van der Waals surface area contributed by atoms with Crippen LogP contribution in [-0.2, 0) is 19.2 Å². The van der Waals surface area contributed by atoms with E-state index in [4.69, 9.17) is 0 Å². The highest BCUT2D eigenvalue weighted by Crippen LogP contribution is 2.20. The Kier molecular flexibility index (Phi) is 5.01. The lowest BCUT2D eigenvalue weighted by Gasteiger charge is -2.27. The molecule has 8 heteroatoms. The lowest BCUT2D eigenvalue weighted by molar-refractivity contribution is -0.140. The second-order valence-corrected chi connectivity index (χ2v) is 6.57. The molecule has 3 aliphatic rings. The molecule has 3 aliphatic heterocycles. The largest absolute Gasteiger partial charge is 0.354 e. The Bertz CT molecular complexity index is 458. The van der Waals surface area contributed by atoms with E-state index in [0.29, 0.717) is 25.9 Å². The Morgan fingerprint density at radius 3 is 1.54 bits per heavy atom. The van der Waals surface area contributed by atoms with Crippen LogP contribution in [0.5, 0.6) is 0 Å². The van der Waals surface area contributed by atoms with Crippen molar-refractivity contribution in [3.8, 4) is 0 Å². The molecule has 0 aromatic carbocycles. The molecule has 3 saturated heterocycles. The summed E-state index contributed by atoms with van der Waals surface area (Å²) in [6.07, 6.45) is 3.24. The fourth-order valence-corrected chi connectivity index (χ4v) is 3.78. The van der Waals surface area contributed by atoms with Gasteiger partial charge in [0.05, 0.1) is 0 Å². The minimum atomic E-state index is -0.453. The van der Waals surface area contributed by atoms with Crippen molar-refractivity contribution in [2.75, 3.05) is 26.2 Å². The van der Waals surface area contributed by atoms with E-state index in [-0.39, 0.29) is 49.6 Å². The average molecular weight is 336 g/mol. The van der Waals surface area contributed by atoms with Crippen LogP contribution < -0.4 is 10.6 Å². The fraction of sp³-hybridized carbons (Fsp3) is 0.750. The van der Waals surface area contributed by atoms with Crippen LogP contribution in [0.2, 0.25) is 0 Å². The first-order valence-electron chi connectivity index (χ1n) is 8.72. The SMILES string of the molecule is O=C1NCCC(=O)N2CCCC2C(=O)NCCC(=O)N2CCCC12. The molecule has 4 amide bonds. The molecule has 2 unspecified atom stereocenters. The van der Waals surface area contributed by atoms with Gasteiger partial charge < -0.3 is 20.4 Å². The van der Waals surface area contributed by atoms with Crippen LogP contribution in [0.4, 0.5) is 0 Å². The van der Waals surface area contributed by atoms with Gasteiger partial charge in [-0.2, -0.15) is 0 Å². The molecule has 8 nitrogen and oxygen atoms in total. The minimum absolute atomic E-state index is 0.107. The van der Waals surface area contributed by atoms with Crippen LogP contribution in [0, 0.1) is 0 Å². The molecule has 0 aromatic heterocycles. The third-order valence-electron chi connectivity index (χ3n) is 5.03. The van der Waals surface area contributed by atoms with Gasteiger partial charge in [-0.1, -0.05) is 0 Å². The molecule has 24 heavy (non-hydrogen) atoms. The maximum absolute atomic E-state index is 12.3. The molecule has 0 radical (unpaired) electrons. The number of hydrogen-bond acceptors (Lipinski definition) is 4. The molecular formula is C16H24N4O4. The van der Waals surface area contributed by atoms with Crippen molar-refractivity contribution < 1.29 is 19.2 Å². The van der Waals surface area contributed by atoms with E-state index in [1.807, 2.05) is 0 Å². The van der Waals surface area contributed by atoms with Gasteiger partial charge >= 0.3 is 0 Å². The number of amides is 4. The summed E-state index contributed by atoms with van der Waals surface area (Å²) >= 11 is 0. The minimum Gasteiger partial charge on any atom is -0.354 e. The maximum Gasteiger partial charge on any atom is 0.242 e. The molecule has 2 atom stereocenters. The van der Waals surface area contributed by atoms with Crippen LogP contribution in [0.1, 0.15) is 38.5 Å². The zero-order chi connectivity index (χ0) is 17.1. The molecule has 0 aromatic rings. The van der Waals surface area contributed by atoms with Crippen LogP contribution >= 0.6 is 0 Å². The van der Waals surface area contributed by atoms with Crippen molar-refractivity contribution in [1.82, 2.24) is 20.4 Å². The number of nitrogens with one attached hydrogen (secondary N) is 2. The Hall–Kier alpha value is -2.12. The predicted molar refractivity (Wildman–Crippen MR) is 84.7 cm³/mol. The molecule has 0 spiro atoms. The van der Waals surface area contributed by atoms with Gasteiger partial charge in [0.15, 0.2) is 0 Å². The van der Waals surface area contributed by atoms with E-state index in [2.05, 4.69) is 10.6 Å². The summed E-state index contributed by atoms with van der Waals surface area (Å²) in [4.78, 5) is 52.4. The van der Waals surface area contributed by atoms with Gasteiger partial charge in [0.2, 0.25) is 23.6 Å². The lowest BCUT2D eigenvalue weighted by atomic mass is 10.1. The number of carbonyl (C=O) groups excluding carboxylic acids is 4. The third kappa shape index (κ3) is 3.37. The topological polar surface area (TPSA) is 98.8 Å². The highest BCUT2D eigenvalue weighted by atomic mass is 16.2. The maximum atomic E-state index is 12.3. The highest BCUT2D eigenvalue weighted by molar-refractivity contribution is 5.91. The summed E-state index contributed by atoms with van der Waals surface area (Å²) in [5.74, 6) is -0.589. The zero-order valence-electron chi connectivity index (χ0n) is 13.8. The smallest absolute Gasteiger partial charge is 0.242 e. The van der Waals surface area contributed by atoms with E-state index in [0.717, 1.165) is 12.8 Å². The van der Waals surface area contributed by atoms with Gasteiger partial charge in [0, 0.05) is 39.0 Å². The Morgan fingerprint density at radius 1 is 0.708 bits per heavy atom. The number of nitrogens with zero attached hydrogens (tertiary/aromatic N) is 2. The van der Waals surface area contributed by atoms with Gasteiger partial charge in [-0.05, 0) is 25.7 Å². The number of carbonyl (C=O) groups is 4. The highest BCUT2D eigenvalue weighted by Gasteiger charge is 2.36. The van der Waals surface area contributed by atoms with Crippen LogP contribution in [0.25, 0.3) is 0 Å². The normalized spacial score (nSPS) is 29.7. The van der Waals surface area contributed by atoms with Crippen molar-refractivity contribution in [3.63, 3.8) is 0 Å². The van der Waals surface area contributed by atoms with Crippen LogP contribution in [0.15, 0.2) is 0 Å². The molecule has 3 heterocycles. The monoisotopic (exact) mass is 336 g/mol. The van der Waals surface area contributed by atoms with Gasteiger partial charge in [-0.25, -0.2) is 0 Å². The Labute approximate surface area is 140 Å². The lowest BCUT2D eigenvalue weighted by Crippen LogP contribution is -2.50. The Balaban J connectivity index is 1.72. The standard InChI is InChI=1S/C16H24N4O4/c21-13-5-7-18-16(24)12-4-2-10-20(12)14(22)6-8-17-15(23)11-3-1-9-19(11)13/h11-12H,1-10H2,(H,17,23)(H,18,24). The second kappa shape index (κ2) is 7.19. The molecule has 3 rings (SSSR count). The zero-order valence-corrected chi connectivity index (χ0v) is 13.8. The first-order valence-corrected chi connectivity index (χ1v) is 8.72. The summed E-state index contributed by atoms with van der Waals surface area (Å²) in [6.45, 7) is 1.61. The Morgan fingerprint density at radius 2 is 1.12 bits per heavy atom. The molecule has 0 aliphatic carbocycles. The first kappa shape index (κ1) is 16.7. The van der Waals surface area contributed by atoms with E-state index < -0.39 is 12.1 Å². The molecule has 3 fully saturated rings. The van der Waals surface area contributed by atoms with E-state index >= 15 is 0 Å². The number of rotatable bonds is 0. The van der Waals surface area contributed by atoms with Crippen molar-refractivity contribution in [3.05, 3.63) is 0 Å². The third-order valence-corrected chi connectivity index (χ3v) is 5.03. The van der Waals surface area contributed by atoms with Gasteiger partial charge in [-0.3, -0.25) is 19.2 Å². The summed E-state index contributed by atoms with van der Waals surface area (Å²) in [7, 11) is 0. The summed E-state index contributed by atoms with van der Waals surface area (Å²) < 4.78 is 0. The van der Waals surface area contributed by atoms with Gasteiger partial charge in [0.25, 0.3) is 0 Å². The number of hydrogen-bond donors (Lipinski definition) is 2. The predicted octanol–water partition coefficient (Wildman–Crippen LogP) is -1.01. The van der Waals surface area contributed by atoms with E-state index in [1.54, 1.807) is 9.80 Å². The van der Waals surface area contributed by atoms with Crippen molar-refractivity contribution in [2.45, 2.75) is 50.6 Å². The molecule has 0 saturated carbocycles. The summed E-state index contributed by atoms with van der Waals surface area (Å²) in [5, 5.41) is 5.54. The van der Waals surface area contributed by atoms with Crippen LogP contribution in [-0.4, -0.2) is 71.7 Å². The molecular weight excluding hydrogens is 312 g/mol. The van der Waals surface area contributed by atoms with Gasteiger partial charge in [0.1, 0.15) is 12.1 Å². The average Bonchev–Trinajstić information content (AvgIpc) is 3.22. The van der Waals surface area contributed by atoms with Crippen LogP contribution in [0.3, 0.4) is 0 Å². The van der Waals surface area contributed by atoms with E-state index in [1.165, 1.54) is 0 Å². The summed E-state index contributed by atoms with van der Waals surface area (Å²) in [5.41, 5.74) is 0. The fourth-order valence-electron chi connectivity index (χ4n) is 3.78. The van der Waals surface area contributed by atoms with Crippen molar-refractivity contribution >= 4 is 23.6 Å². The molecule has 132 valence electrons. The molecule has 0 bridgehead atoms. The van der Waals surface area contributed by atoms with Crippen molar-refractivity contribution in [1.29, 1.82) is 0 Å². The quantitative estimate of drug-likeness (QED) is 0.592. The molecule has 2 N–H and O–H groups in total. The van der Waals surface area contributed by atoms with Gasteiger partial charge in [-0.15, -0.1) is 0 Å². The summed E-state index contributed by atoms with van der Waals surface area (Å²) in [6, 6.07) is -0.906. The second-order valence-electron chi connectivity index (χ2n) is 6.57. The van der Waals surface area contributed by atoms with E-state index in [9.17, 15) is 19.2 Å². The number of fused-ring (bicyclic) bond motifs is 2.